The summed E-state index contributed by atoms with van der Waals surface area (Å²) in [5.41, 5.74) is 1.08. The molecule has 1 saturated carbocycles. The minimum atomic E-state index is -0.0673. The smallest absolute Gasteiger partial charge is 0.227 e. The molecule has 1 amide bonds. The third-order valence-electron chi connectivity index (χ3n) is 4.77. The molecule has 1 aromatic rings. The van der Waals surface area contributed by atoms with Crippen molar-refractivity contribution in [2.75, 3.05) is 13.2 Å². The minimum Gasteiger partial charge on any atom is -0.396 e. The predicted molar refractivity (Wildman–Crippen MR) is 85.0 cm³/mol. The fourth-order valence-electron chi connectivity index (χ4n) is 3.41. The Morgan fingerprint density at radius 3 is 2.52 bits per heavy atom. The number of benzene rings is 1. The maximum absolute atomic E-state index is 12.4. The zero-order valence-electron chi connectivity index (χ0n) is 12.9. The molecule has 2 N–H and O–H groups in total. The lowest BCUT2D eigenvalue weighted by atomic mass is 9.79. The van der Waals surface area contributed by atoms with Gasteiger partial charge in [-0.2, -0.15) is 0 Å². The highest BCUT2D eigenvalue weighted by atomic mass is 16.3. The van der Waals surface area contributed by atoms with Crippen molar-refractivity contribution in [1.29, 1.82) is 0 Å². The van der Waals surface area contributed by atoms with Crippen molar-refractivity contribution in [3.63, 3.8) is 0 Å². The highest BCUT2D eigenvalue weighted by Crippen LogP contribution is 2.29. The van der Waals surface area contributed by atoms with Crippen LogP contribution in [0.3, 0.4) is 0 Å². The van der Waals surface area contributed by atoms with E-state index in [0.29, 0.717) is 18.4 Å². The molecule has 0 radical (unpaired) electrons. The van der Waals surface area contributed by atoms with Crippen molar-refractivity contribution in [2.45, 2.75) is 44.9 Å². The Kier molecular flexibility index (Phi) is 6.24. The summed E-state index contributed by atoms with van der Waals surface area (Å²) < 4.78 is 0. The summed E-state index contributed by atoms with van der Waals surface area (Å²) in [5, 5.41) is 12.6. The van der Waals surface area contributed by atoms with Crippen LogP contribution in [-0.4, -0.2) is 24.2 Å². The molecule has 3 unspecified atom stereocenters. The third-order valence-corrected chi connectivity index (χ3v) is 4.77. The number of nitrogens with one attached hydrogen (secondary N) is 1. The third kappa shape index (κ3) is 4.31. The Bertz CT molecular complexity index is 432. The van der Waals surface area contributed by atoms with Crippen LogP contribution >= 0.6 is 0 Å². The topological polar surface area (TPSA) is 49.3 Å². The second-order valence-corrected chi connectivity index (χ2v) is 6.10. The summed E-state index contributed by atoms with van der Waals surface area (Å²) in [4.78, 5) is 12.4. The Morgan fingerprint density at radius 2 is 1.90 bits per heavy atom. The Labute approximate surface area is 127 Å². The summed E-state index contributed by atoms with van der Waals surface area (Å²) in [5.74, 6) is 0.838. The number of carbonyl (C=O) groups excluding carboxylic acids is 1. The highest BCUT2D eigenvalue weighted by Gasteiger charge is 2.26. The van der Waals surface area contributed by atoms with Crippen molar-refractivity contribution < 1.29 is 9.90 Å². The van der Waals surface area contributed by atoms with Crippen molar-refractivity contribution in [2.24, 2.45) is 11.8 Å². The van der Waals surface area contributed by atoms with Crippen molar-refractivity contribution in [1.82, 2.24) is 5.32 Å². The first-order chi connectivity index (χ1) is 10.3. The maximum Gasteiger partial charge on any atom is 0.227 e. The van der Waals surface area contributed by atoms with Crippen LogP contribution in [0.1, 0.15) is 50.5 Å². The average Bonchev–Trinajstić information content (AvgIpc) is 2.55. The van der Waals surface area contributed by atoms with Gasteiger partial charge in [-0.1, -0.05) is 50.1 Å². The summed E-state index contributed by atoms with van der Waals surface area (Å²) in [6, 6.07) is 9.97. The fraction of sp³-hybridized carbons (Fsp3) is 0.611. The van der Waals surface area contributed by atoms with Crippen LogP contribution in [0.2, 0.25) is 0 Å². The van der Waals surface area contributed by atoms with E-state index in [-0.39, 0.29) is 18.4 Å². The molecule has 0 saturated heterocycles. The first-order valence-electron chi connectivity index (χ1n) is 8.19. The summed E-state index contributed by atoms with van der Waals surface area (Å²) in [6.45, 7) is 3.00. The van der Waals surface area contributed by atoms with E-state index in [2.05, 4.69) is 5.32 Å². The molecule has 3 atom stereocenters. The summed E-state index contributed by atoms with van der Waals surface area (Å²) >= 11 is 0. The lowest BCUT2D eigenvalue weighted by molar-refractivity contribution is -0.123. The first-order valence-corrected chi connectivity index (χ1v) is 8.19. The zero-order chi connectivity index (χ0) is 15.1. The van der Waals surface area contributed by atoms with E-state index in [0.717, 1.165) is 24.8 Å². The van der Waals surface area contributed by atoms with Crippen LogP contribution < -0.4 is 5.32 Å². The quantitative estimate of drug-likeness (QED) is 0.845. The van der Waals surface area contributed by atoms with Crippen LogP contribution in [0.5, 0.6) is 0 Å². The number of rotatable bonds is 6. The summed E-state index contributed by atoms with van der Waals surface area (Å²) in [6.07, 6.45) is 5.44. The van der Waals surface area contributed by atoms with Gasteiger partial charge in [0.2, 0.25) is 5.91 Å². The largest absolute Gasteiger partial charge is 0.396 e. The average molecular weight is 289 g/mol. The Morgan fingerprint density at radius 1 is 1.24 bits per heavy atom. The first kappa shape index (κ1) is 16.0. The van der Waals surface area contributed by atoms with Crippen LogP contribution in [0, 0.1) is 11.8 Å². The molecule has 0 bridgehead atoms. The maximum atomic E-state index is 12.4. The van der Waals surface area contributed by atoms with Crippen LogP contribution in [0.4, 0.5) is 0 Å². The van der Waals surface area contributed by atoms with E-state index in [1.807, 2.05) is 37.3 Å². The van der Waals surface area contributed by atoms with E-state index in [1.165, 1.54) is 12.8 Å². The molecule has 3 nitrogen and oxygen atoms in total. The number of aliphatic hydroxyl groups is 1. The molecule has 1 aliphatic rings. The molecule has 0 heterocycles. The number of hydrogen-bond donors (Lipinski definition) is 2. The van der Waals surface area contributed by atoms with Gasteiger partial charge >= 0.3 is 0 Å². The number of amides is 1. The van der Waals surface area contributed by atoms with Gasteiger partial charge in [0.25, 0.3) is 0 Å². The molecule has 0 aromatic heterocycles. The molecule has 1 aliphatic carbocycles. The second-order valence-electron chi connectivity index (χ2n) is 6.10. The monoisotopic (exact) mass is 289 g/mol. The van der Waals surface area contributed by atoms with E-state index in [9.17, 15) is 9.90 Å². The molecule has 1 aromatic carbocycles. The molecule has 21 heavy (non-hydrogen) atoms. The van der Waals surface area contributed by atoms with Crippen LogP contribution in [0.25, 0.3) is 0 Å². The second kappa shape index (κ2) is 8.18. The van der Waals surface area contributed by atoms with Gasteiger partial charge in [-0.3, -0.25) is 4.79 Å². The normalized spacial score (nSPS) is 23.5. The molecule has 0 aliphatic heterocycles. The van der Waals surface area contributed by atoms with Gasteiger partial charge in [0, 0.05) is 13.2 Å². The molecule has 3 heteroatoms. The molecule has 2 rings (SSSR count). The Balaban J connectivity index is 1.90. The Hall–Kier alpha value is -1.35. The molecule has 1 fully saturated rings. The van der Waals surface area contributed by atoms with Gasteiger partial charge in [-0.05, 0) is 36.7 Å². The molecule has 116 valence electrons. The van der Waals surface area contributed by atoms with Crippen molar-refractivity contribution in [3.05, 3.63) is 35.9 Å². The van der Waals surface area contributed by atoms with Gasteiger partial charge < -0.3 is 10.4 Å². The van der Waals surface area contributed by atoms with Gasteiger partial charge in [-0.15, -0.1) is 0 Å². The van der Waals surface area contributed by atoms with Gasteiger partial charge in [0.1, 0.15) is 0 Å². The van der Waals surface area contributed by atoms with Crippen molar-refractivity contribution >= 4 is 5.91 Å². The van der Waals surface area contributed by atoms with Gasteiger partial charge in [-0.25, -0.2) is 0 Å². The number of hydrogen-bond acceptors (Lipinski definition) is 2. The SMILES string of the molecule is CCC(C(=O)NCC1CCCCC1CO)c1ccccc1. The molecular weight excluding hydrogens is 262 g/mol. The predicted octanol–water partition coefficient (Wildman–Crippen LogP) is 3.10. The van der Waals surface area contributed by atoms with E-state index in [1.54, 1.807) is 0 Å². The van der Waals surface area contributed by atoms with Gasteiger partial charge in [0.05, 0.1) is 5.92 Å². The van der Waals surface area contributed by atoms with Crippen LogP contribution in [0.15, 0.2) is 30.3 Å². The van der Waals surface area contributed by atoms with Gasteiger partial charge in [0.15, 0.2) is 0 Å². The standard InChI is InChI=1S/C18H27NO2/c1-2-17(14-8-4-3-5-9-14)18(21)19-12-15-10-6-7-11-16(15)13-20/h3-5,8-9,15-17,20H,2,6-7,10-13H2,1H3,(H,19,21). The van der Waals surface area contributed by atoms with E-state index >= 15 is 0 Å². The number of carbonyl (C=O) groups is 1. The van der Waals surface area contributed by atoms with Crippen LogP contribution in [-0.2, 0) is 4.79 Å². The summed E-state index contributed by atoms with van der Waals surface area (Å²) in [7, 11) is 0. The molecular formula is C18H27NO2. The highest BCUT2D eigenvalue weighted by molar-refractivity contribution is 5.83. The van der Waals surface area contributed by atoms with E-state index in [4.69, 9.17) is 0 Å². The number of aliphatic hydroxyl groups excluding tert-OH is 1. The van der Waals surface area contributed by atoms with Crippen molar-refractivity contribution in [3.8, 4) is 0 Å². The fourth-order valence-corrected chi connectivity index (χ4v) is 3.41. The van der Waals surface area contributed by atoms with E-state index < -0.39 is 0 Å². The lowest BCUT2D eigenvalue weighted by Crippen LogP contribution is -2.37. The zero-order valence-corrected chi connectivity index (χ0v) is 12.9. The molecule has 0 spiro atoms. The lowest BCUT2D eigenvalue weighted by Gasteiger charge is -2.30. The minimum absolute atomic E-state index is 0.0673.